The SMILES string of the molecule is CC[C@H]1C=CCC[C@@]2(C[C@@H]3CC[C@H]4[C@H](C(=O)OCCCCCCCCCCCCCC(O)CC(=O)N(CCCN)CCCCN)[C@@]5(CCC[C@@H](C)O5)N=C(N2)N34)O1. The summed E-state index contributed by atoms with van der Waals surface area (Å²) in [5.41, 5.74) is 9.93. The zero-order valence-electron chi connectivity index (χ0n) is 35.8. The quantitative estimate of drug-likeness (QED) is 0.0438. The fourth-order valence-electron chi connectivity index (χ4n) is 10.1. The summed E-state index contributed by atoms with van der Waals surface area (Å²) in [6, 6.07) is 0.320. The Morgan fingerprint density at radius 2 is 1.65 bits per heavy atom. The Kier molecular flexibility index (Phi) is 18.9. The molecule has 1 unspecified atom stereocenters. The van der Waals surface area contributed by atoms with Gasteiger partial charge in [0.2, 0.25) is 5.91 Å². The Bertz CT molecular complexity index is 1280. The van der Waals surface area contributed by atoms with Gasteiger partial charge in [0.15, 0.2) is 11.7 Å². The van der Waals surface area contributed by atoms with E-state index in [2.05, 4.69) is 36.2 Å². The van der Waals surface area contributed by atoms with Gasteiger partial charge in [-0.3, -0.25) is 9.59 Å². The van der Waals surface area contributed by atoms with Gasteiger partial charge in [0.25, 0.3) is 0 Å². The second-order valence-electron chi connectivity index (χ2n) is 17.9. The van der Waals surface area contributed by atoms with Crippen LogP contribution in [0, 0.1) is 5.92 Å². The van der Waals surface area contributed by atoms with E-state index in [0.717, 1.165) is 115 Å². The Balaban J connectivity index is 0.952. The van der Waals surface area contributed by atoms with E-state index >= 15 is 0 Å². The van der Waals surface area contributed by atoms with Gasteiger partial charge in [-0.05, 0) is 103 Å². The second-order valence-corrected chi connectivity index (χ2v) is 17.9. The van der Waals surface area contributed by atoms with E-state index in [0.29, 0.717) is 45.2 Å². The molecule has 6 N–H and O–H groups in total. The number of esters is 1. The number of hydrogen-bond donors (Lipinski definition) is 4. The van der Waals surface area contributed by atoms with Gasteiger partial charge in [0.1, 0.15) is 11.6 Å². The predicted molar refractivity (Wildman–Crippen MR) is 226 cm³/mol. The lowest BCUT2D eigenvalue weighted by Crippen LogP contribution is -2.71. The number of nitrogens with two attached hydrogens (primary N) is 2. The molecule has 0 saturated carbocycles. The number of nitrogens with zero attached hydrogens (tertiary/aromatic N) is 3. The molecule has 8 atom stereocenters. The van der Waals surface area contributed by atoms with Crippen molar-refractivity contribution in [2.75, 3.05) is 32.8 Å². The first-order valence-corrected chi connectivity index (χ1v) is 23.4. The van der Waals surface area contributed by atoms with Gasteiger partial charge < -0.3 is 45.9 Å². The Morgan fingerprint density at radius 3 is 2.35 bits per heavy atom. The molecule has 326 valence electrons. The number of aliphatic imine (C=N–C) groups is 1. The molecule has 2 spiro atoms. The molecule has 5 aliphatic rings. The standard InChI is InChI=1S/C45H80N6O6/c1-3-38-23-14-15-26-44(57-38)34-36-24-25-39-41(45(27-19-21-35(2)56-45)49-43(48-44)51(36)39)42(54)55-32-18-12-10-8-6-4-5-7-9-11-13-22-37(52)33-40(53)50(31-20-29-47)30-17-16-28-46/h14,23,35-39,41,52H,3-13,15-22,24-34,46-47H2,1-2H3,(H,48,49)/t35-,36+,37?,38+,39+,41-,44+,45+/m1/s1. The van der Waals surface area contributed by atoms with Crippen LogP contribution in [0.5, 0.6) is 0 Å². The fourth-order valence-corrected chi connectivity index (χ4v) is 10.1. The van der Waals surface area contributed by atoms with Crippen molar-refractivity contribution in [3.63, 3.8) is 0 Å². The van der Waals surface area contributed by atoms with Crippen molar-refractivity contribution < 1.29 is 28.9 Å². The van der Waals surface area contributed by atoms with Crippen LogP contribution in [0.4, 0.5) is 0 Å². The number of carbonyl (C=O) groups is 2. The molecule has 0 radical (unpaired) electrons. The summed E-state index contributed by atoms with van der Waals surface area (Å²) < 4.78 is 19.6. The van der Waals surface area contributed by atoms with E-state index in [-0.39, 0.29) is 36.5 Å². The predicted octanol–water partition coefficient (Wildman–Crippen LogP) is 6.82. The number of unbranched alkanes of at least 4 members (excludes halogenated alkanes) is 11. The number of hydrogen-bond acceptors (Lipinski definition) is 11. The van der Waals surface area contributed by atoms with Crippen LogP contribution in [0.1, 0.15) is 174 Å². The van der Waals surface area contributed by atoms with E-state index in [1.54, 1.807) is 0 Å². The number of nitrogens with one attached hydrogen (secondary N) is 1. The number of rotatable bonds is 25. The van der Waals surface area contributed by atoms with E-state index < -0.39 is 23.5 Å². The summed E-state index contributed by atoms with van der Waals surface area (Å²) in [6.45, 7) is 7.29. The highest BCUT2D eigenvalue weighted by Crippen LogP contribution is 2.50. The second kappa shape index (κ2) is 23.5. The number of ether oxygens (including phenoxy) is 3. The molecule has 0 aliphatic carbocycles. The highest BCUT2D eigenvalue weighted by atomic mass is 16.6. The van der Waals surface area contributed by atoms with Crippen molar-refractivity contribution in [3.05, 3.63) is 12.2 Å². The molecule has 0 aromatic rings. The summed E-state index contributed by atoms with van der Waals surface area (Å²) >= 11 is 0. The molecule has 3 fully saturated rings. The molecule has 1 amide bonds. The number of guanidine groups is 1. The Labute approximate surface area is 344 Å². The first-order chi connectivity index (χ1) is 27.7. The van der Waals surface area contributed by atoms with Crippen LogP contribution in [0.15, 0.2) is 17.1 Å². The van der Waals surface area contributed by atoms with Gasteiger partial charge in [-0.2, -0.15) is 0 Å². The molecular weight excluding hydrogens is 721 g/mol. The van der Waals surface area contributed by atoms with Gasteiger partial charge >= 0.3 is 5.97 Å². The van der Waals surface area contributed by atoms with Crippen LogP contribution in [0.2, 0.25) is 0 Å². The van der Waals surface area contributed by atoms with Gasteiger partial charge in [0.05, 0.1) is 37.4 Å². The summed E-state index contributed by atoms with van der Waals surface area (Å²) in [7, 11) is 0. The molecule has 0 bridgehead atoms. The third-order valence-corrected chi connectivity index (χ3v) is 13.2. The number of aliphatic hydroxyl groups excluding tert-OH is 1. The minimum Gasteiger partial charge on any atom is -0.465 e. The summed E-state index contributed by atoms with van der Waals surface area (Å²) in [5, 5.41) is 14.3. The minimum absolute atomic E-state index is 0.0261. The molecule has 3 saturated heterocycles. The summed E-state index contributed by atoms with van der Waals surface area (Å²) in [4.78, 5) is 36.4. The van der Waals surface area contributed by atoms with E-state index in [1.165, 1.54) is 38.5 Å². The summed E-state index contributed by atoms with van der Waals surface area (Å²) in [5.74, 6) is 0.336. The van der Waals surface area contributed by atoms with Crippen LogP contribution in [0.25, 0.3) is 0 Å². The number of aliphatic hydroxyl groups is 1. The molecule has 5 aliphatic heterocycles. The van der Waals surface area contributed by atoms with Crippen molar-refractivity contribution in [1.29, 1.82) is 0 Å². The van der Waals surface area contributed by atoms with Crippen molar-refractivity contribution in [1.82, 2.24) is 15.1 Å². The zero-order valence-corrected chi connectivity index (χ0v) is 35.8. The molecule has 57 heavy (non-hydrogen) atoms. The van der Waals surface area contributed by atoms with Crippen LogP contribution < -0.4 is 16.8 Å². The first-order valence-electron chi connectivity index (χ1n) is 23.4. The van der Waals surface area contributed by atoms with Crippen molar-refractivity contribution in [2.24, 2.45) is 22.4 Å². The maximum Gasteiger partial charge on any atom is 0.316 e. The van der Waals surface area contributed by atoms with E-state index in [9.17, 15) is 14.7 Å². The lowest BCUT2D eigenvalue weighted by atomic mass is 9.80. The fraction of sp³-hybridized carbons (Fsp3) is 0.889. The monoisotopic (exact) mass is 801 g/mol. The topological polar surface area (TPSA) is 165 Å². The smallest absolute Gasteiger partial charge is 0.316 e. The largest absolute Gasteiger partial charge is 0.465 e. The highest BCUT2D eigenvalue weighted by Gasteiger charge is 2.62. The maximum atomic E-state index is 14.1. The van der Waals surface area contributed by atoms with Crippen LogP contribution in [-0.4, -0.2) is 107 Å². The lowest BCUT2D eigenvalue weighted by Gasteiger charge is -2.55. The van der Waals surface area contributed by atoms with Crippen molar-refractivity contribution >= 4 is 17.8 Å². The highest BCUT2D eigenvalue weighted by molar-refractivity contribution is 5.87. The number of amides is 1. The van der Waals surface area contributed by atoms with Crippen molar-refractivity contribution in [3.8, 4) is 0 Å². The number of allylic oxidation sites excluding steroid dienone is 1. The minimum atomic E-state index is -0.891. The molecule has 5 heterocycles. The van der Waals surface area contributed by atoms with Gasteiger partial charge in [-0.15, -0.1) is 0 Å². The number of carbonyl (C=O) groups excluding carboxylic acids is 2. The summed E-state index contributed by atoms with van der Waals surface area (Å²) in [6.07, 6.45) is 28.4. The Morgan fingerprint density at radius 1 is 0.947 bits per heavy atom. The van der Waals surface area contributed by atoms with Gasteiger partial charge in [-0.1, -0.05) is 83.3 Å². The van der Waals surface area contributed by atoms with Crippen LogP contribution in [0.3, 0.4) is 0 Å². The molecule has 12 nitrogen and oxygen atoms in total. The van der Waals surface area contributed by atoms with Gasteiger partial charge in [0, 0.05) is 25.6 Å². The molecule has 5 rings (SSSR count). The first kappa shape index (κ1) is 45.8. The Hall–Kier alpha value is -2.25. The van der Waals surface area contributed by atoms with Gasteiger partial charge in [-0.25, -0.2) is 4.99 Å². The third kappa shape index (κ3) is 13.1. The maximum absolute atomic E-state index is 14.1. The zero-order chi connectivity index (χ0) is 40.5. The third-order valence-electron chi connectivity index (χ3n) is 13.2. The average molecular weight is 801 g/mol. The van der Waals surface area contributed by atoms with E-state index in [1.807, 2.05) is 4.90 Å². The normalized spacial score (nSPS) is 29.8. The average Bonchev–Trinajstić information content (AvgIpc) is 3.49. The van der Waals surface area contributed by atoms with E-state index in [4.69, 9.17) is 30.7 Å². The molecule has 0 aromatic heterocycles. The molecule has 12 heteroatoms. The van der Waals surface area contributed by atoms with Crippen LogP contribution in [-0.2, 0) is 23.8 Å². The van der Waals surface area contributed by atoms with Crippen LogP contribution >= 0.6 is 0 Å². The van der Waals surface area contributed by atoms with Crippen molar-refractivity contribution in [2.45, 2.75) is 216 Å². The molecule has 0 aromatic carbocycles. The lowest BCUT2D eigenvalue weighted by molar-refractivity contribution is -0.194. The molecular formula is C45H80N6O6.